The third kappa shape index (κ3) is 3.89. The number of ether oxygens (including phenoxy) is 3. The minimum atomic E-state index is 0.160. The molecule has 0 saturated carbocycles. The van der Waals surface area contributed by atoms with Crippen molar-refractivity contribution in [2.45, 2.75) is 31.8 Å². The molecule has 2 fully saturated rings. The second-order valence-electron chi connectivity index (χ2n) is 6.01. The van der Waals surface area contributed by atoms with Crippen LogP contribution in [0.2, 0.25) is 0 Å². The standard InChI is InChI=1S/C17H25NO3/c1-19-17-10-13(9-14-3-2-7-18-11-14)4-5-16(17)21-15-6-8-20-12-15/h4-5,10,14-15,18H,2-3,6-9,11-12H2,1H3. The van der Waals surface area contributed by atoms with Crippen molar-refractivity contribution in [3.05, 3.63) is 23.8 Å². The minimum absolute atomic E-state index is 0.160. The second-order valence-corrected chi connectivity index (χ2v) is 6.01. The Morgan fingerprint density at radius 1 is 1.29 bits per heavy atom. The Hall–Kier alpha value is -1.26. The zero-order valence-electron chi connectivity index (χ0n) is 12.8. The highest BCUT2D eigenvalue weighted by atomic mass is 16.6. The molecule has 1 N–H and O–H groups in total. The topological polar surface area (TPSA) is 39.7 Å². The number of hydrogen-bond acceptors (Lipinski definition) is 4. The molecular weight excluding hydrogens is 266 g/mol. The van der Waals surface area contributed by atoms with Crippen LogP contribution >= 0.6 is 0 Å². The predicted octanol–water partition coefficient (Wildman–Crippen LogP) is 2.41. The van der Waals surface area contributed by atoms with Crippen molar-refractivity contribution in [2.24, 2.45) is 5.92 Å². The molecule has 2 aliphatic rings. The van der Waals surface area contributed by atoms with Crippen LogP contribution in [0.15, 0.2) is 18.2 Å². The van der Waals surface area contributed by atoms with Gasteiger partial charge in [0.05, 0.1) is 20.3 Å². The fourth-order valence-electron chi connectivity index (χ4n) is 3.15. The molecule has 21 heavy (non-hydrogen) atoms. The van der Waals surface area contributed by atoms with Crippen LogP contribution in [0.4, 0.5) is 0 Å². The van der Waals surface area contributed by atoms with Crippen LogP contribution in [0.3, 0.4) is 0 Å². The van der Waals surface area contributed by atoms with Gasteiger partial charge in [-0.3, -0.25) is 0 Å². The molecule has 1 aromatic carbocycles. The third-order valence-electron chi connectivity index (χ3n) is 4.33. The fraction of sp³-hybridized carbons (Fsp3) is 0.647. The van der Waals surface area contributed by atoms with Crippen molar-refractivity contribution in [1.82, 2.24) is 5.32 Å². The molecule has 3 rings (SSSR count). The lowest BCUT2D eigenvalue weighted by Crippen LogP contribution is -2.30. The van der Waals surface area contributed by atoms with Crippen molar-refractivity contribution < 1.29 is 14.2 Å². The Balaban J connectivity index is 1.65. The first kappa shape index (κ1) is 14.7. The number of rotatable bonds is 5. The number of hydrogen-bond donors (Lipinski definition) is 1. The lowest BCUT2D eigenvalue weighted by Gasteiger charge is -2.23. The Labute approximate surface area is 126 Å². The van der Waals surface area contributed by atoms with E-state index in [1.165, 1.54) is 18.4 Å². The summed E-state index contributed by atoms with van der Waals surface area (Å²) in [5.41, 5.74) is 1.33. The minimum Gasteiger partial charge on any atom is -0.493 e. The van der Waals surface area contributed by atoms with Gasteiger partial charge in [-0.2, -0.15) is 0 Å². The molecule has 0 spiro atoms. The van der Waals surface area contributed by atoms with Crippen molar-refractivity contribution in [3.8, 4) is 11.5 Å². The van der Waals surface area contributed by atoms with Crippen LogP contribution in [0, 0.1) is 5.92 Å². The van der Waals surface area contributed by atoms with Crippen LogP contribution in [0.1, 0.15) is 24.8 Å². The fourth-order valence-corrected chi connectivity index (χ4v) is 3.15. The van der Waals surface area contributed by atoms with E-state index in [1.54, 1.807) is 7.11 Å². The van der Waals surface area contributed by atoms with E-state index in [0.29, 0.717) is 6.61 Å². The summed E-state index contributed by atoms with van der Waals surface area (Å²) in [6, 6.07) is 6.34. The number of piperidine rings is 1. The smallest absolute Gasteiger partial charge is 0.161 e. The van der Waals surface area contributed by atoms with Crippen LogP contribution < -0.4 is 14.8 Å². The first-order valence-corrected chi connectivity index (χ1v) is 7.97. The molecule has 0 radical (unpaired) electrons. The maximum absolute atomic E-state index is 5.98. The van der Waals surface area contributed by atoms with E-state index >= 15 is 0 Å². The van der Waals surface area contributed by atoms with Crippen molar-refractivity contribution in [1.29, 1.82) is 0 Å². The number of benzene rings is 1. The zero-order valence-corrected chi connectivity index (χ0v) is 12.8. The molecule has 2 saturated heterocycles. The summed E-state index contributed by atoms with van der Waals surface area (Å²) in [5, 5.41) is 3.47. The molecule has 2 heterocycles. The molecule has 0 aromatic heterocycles. The molecule has 0 aliphatic carbocycles. The molecule has 4 heteroatoms. The maximum atomic E-state index is 5.98. The SMILES string of the molecule is COc1cc(CC2CCCNC2)ccc1OC1CCOC1. The van der Waals surface area contributed by atoms with Gasteiger partial charge in [0.15, 0.2) is 11.5 Å². The summed E-state index contributed by atoms with van der Waals surface area (Å²) in [6.07, 6.45) is 4.82. The first-order chi connectivity index (χ1) is 10.3. The van der Waals surface area contributed by atoms with E-state index in [4.69, 9.17) is 14.2 Å². The Morgan fingerprint density at radius 2 is 2.24 bits per heavy atom. The summed E-state index contributed by atoms with van der Waals surface area (Å²) in [7, 11) is 1.71. The van der Waals surface area contributed by atoms with Crippen LogP contribution in [0.5, 0.6) is 11.5 Å². The summed E-state index contributed by atoms with van der Waals surface area (Å²) in [4.78, 5) is 0. The molecule has 2 aliphatic heterocycles. The van der Waals surface area contributed by atoms with Gasteiger partial charge in [0.25, 0.3) is 0 Å². The van der Waals surface area contributed by atoms with E-state index in [9.17, 15) is 0 Å². The van der Waals surface area contributed by atoms with Crippen LogP contribution in [-0.4, -0.2) is 39.5 Å². The summed E-state index contributed by atoms with van der Waals surface area (Å²) in [5.74, 6) is 2.40. The Bertz CT molecular complexity index is 451. The highest BCUT2D eigenvalue weighted by molar-refractivity contribution is 5.43. The van der Waals surface area contributed by atoms with Crippen molar-refractivity contribution in [3.63, 3.8) is 0 Å². The van der Waals surface area contributed by atoms with Gasteiger partial charge in [-0.1, -0.05) is 6.07 Å². The van der Waals surface area contributed by atoms with E-state index in [-0.39, 0.29) is 6.10 Å². The lowest BCUT2D eigenvalue weighted by molar-refractivity contribution is 0.138. The van der Waals surface area contributed by atoms with Gasteiger partial charge in [-0.05, 0) is 56.0 Å². The average Bonchev–Trinajstić information content (AvgIpc) is 3.03. The quantitative estimate of drug-likeness (QED) is 0.904. The normalized spacial score (nSPS) is 25.8. The molecular formula is C17H25NO3. The molecule has 0 amide bonds. The third-order valence-corrected chi connectivity index (χ3v) is 4.33. The molecule has 0 bridgehead atoms. The van der Waals surface area contributed by atoms with E-state index in [2.05, 4.69) is 17.4 Å². The van der Waals surface area contributed by atoms with Gasteiger partial charge in [0.2, 0.25) is 0 Å². The van der Waals surface area contributed by atoms with Crippen molar-refractivity contribution in [2.75, 3.05) is 33.4 Å². The Morgan fingerprint density at radius 3 is 2.95 bits per heavy atom. The molecule has 2 atom stereocenters. The average molecular weight is 291 g/mol. The highest BCUT2D eigenvalue weighted by Gasteiger charge is 2.20. The van der Waals surface area contributed by atoms with Crippen molar-refractivity contribution >= 4 is 0 Å². The number of nitrogens with one attached hydrogen (secondary N) is 1. The molecule has 1 aromatic rings. The van der Waals surface area contributed by atoms with Gasteiger partial charge in [-0.15, -0.1) is 0 Å². The molecule has 2 unspecified atom stereocenters. The summed E-state index contributed by atoms with van der Waals surface area (Å²) in [6.45, 7) is 3.76. The van der Waals surface area contributed by atoms with E-state index in [1.807, 2.05) is 6.07 Å². The molecule has 116 valence electrons. The van der Waals surface area contributed by atoms with Gasteiger partial charge >= 0.3 is 0 Å². The van der Waals surface area contributed by atoms with Gasteiger partial charge in [0.1, 0.15) is 6.10 Å². The summed E-state index contributed by atoms with van der Waals surface area (Å²) >= 11 is 0. The highest BCUT2D eigenvalue weighted by Crippen LogP contribution is 2.31. The largest absolute Gasteiger partial charge is 0.493 e. The molecule has 4 nitrogen and oxygen atoms in total. The monoisotopic (exact) mass is 291 g/mol. The predicted molar refractivity (Wildman–Crippen MR) is 82.1 cm³/mol. The second kappa shape index (κ2) is 7.14. The summed E-state index contributed by atoms with van der Waals surface area (Å²) < 4.78 is 16.8. The number of methoxy groups -OCH3 is 1. The zero-order chi connectivity index (χ0) is 14.5. The van der Waals surface area contributed by atoms with Gasteiger partial charge < -0.3 is 19.5 Å². The van der Waals surface area contributed by atoms with Gasteiger partial charge in [-0.25, -0.2) is 0 Å². The van der Waals surface area contributed by atoms with Gasteiger partial charge in [0, 0.05) is 6.42 Å². The van der Waals surface area contributed by atoms with E-state index in [0.717, 1.165) is 50.0 Å². The Kier molecular flexibility index (Phi) is 4.99. The first-order valence-electron chi connectivity index (χ1n) is 7.97. The van der Waals surface area contributed by atoms with Crippen LogP contribution in [0.25, 0.3) is 0 Å². The van der Waals surface area contributed by atoms with Crippen LogP contribution in [-0.2, 0) is 11.2 Å². The van der Waals surface area contributed by atoms with E-state index < -0.39 is 0 Å². The maximum Gasteiger partial charge on any atom is 0.161 e. The lowest BCUT2D eigenvalue weighted by atomic mass is 9.92.